The summed E-state index contributed by atoms with van der Waals surface area (Å²) in [6.07, 6.45) is -4.44. The van der Waals surface area contributed by atoms with Gasteiger partial charge in [0.15, 0.2) is 13.6 Å². The summed E-state index contributed by atoms with van der Waals surface area (Å²) < 4.78 is 17.0. The maximum atomic E-state index is 12.7. The van der Waals surface area contributed by atoms with Crippen LogP contribution in [0.3, 0.4) is 0 Å². The molecule has 0 aliphatic carbocycles. The van der Waals surface area contributed by atoms with Crippen molar-refractivity contribution < 1.29 is 24.4 Å². The van der Waals surface area contributed by atoms with Crippen LogP contribution < -0.4 is 0 Å². The van der Waals surface area contributed by atoms with Gasteiger partial charge >= 0.3 is 0 Å². The van der Waals surface area contributed by atoms with Gasteiger partial charge in [0.1, 0.15) is 18.3 Å². The lowest BCUT2D eigenvalue weighted by molar-refractivity contribution is -0.117. The van der Waals surface area contributed by atoms with Gasteiger partial charge in [-0.25, -0.2) is 4.39 Å². The van der Waals surface area contributed by atoms with Gasteiger partial charge in [0, 0.05) is 0 Å². The summed E-state index contributed by atoms with van der Waals surface area (Å²) in [5.41, 5.74) is 0. The van der Waals surface area contributed by atoms with Crippen LogP contribution >= 0.6 is 0 Å². The van der Waals surface area contributed by atoms with Crippen molar-refractivity contribution >= 4 is 7.85 Å². The average molecular weight is 162 g/mol. The van der Waals surface area contributed by atoms with Gasteiger partial charge in [-0.2, -0.15) is 0 Å². The van der Waals surface area contributed by atoms with E-state index in [1.165, 1.54) is 0 Å². The van der Waals surface area contributed by atoms with Gasteiger partial charge in [0.05, 0.1) is 6.61 Å². The topological polar surface area (TPSA) is 69.9 Å². The minimum Gasteiger partial charge on any atom is -0.394 e. The van der Waals surface area contributed by atoms with E-state index >= 15 is 0 Å². The van der Waals surface area contributed by atoms with E-state index in [1.807, 2.05) is 0 Å². The van der Waals surface area contributed by atoms with E-state index in [0.717, 1.165) is 0 Å². The Kier molecular flexibility index (Phi) is 2.20. The molecule has 11 heavy (non-hydrogen) atoms. The molecule has 0 bridgehead atoms. The van der Waals surface area contributed by atoms with Crippen LogP contribution in [0.25, 0.3) is 0 Å². The quantitative estimate of drug-likeness (QED) is 0.386. The Morgan fingerprint density at radius 3 is 2.27 bits per heavy atom. The van der Waals surface area contributed by atoms with Crippen LogP contribution in [-0.2, 0) is 4.74 Å². The zero-order valence-electron chi connectivity index (χ0n) is 5.64. The van der Waals surface area contributed by atoms with Gasteiger partial charge in [0.25, 0.3) is 0 Å². The summed E-state index contributed by atoms with van der Waals surface area (Å²) in [7, 11) is 4.77. The summed E-state index contributed by atoms with van der Waals surface area (Å²) in [5.74, 6) is -2.76. The predicted octanol–water partition coefficient (Wildman–Crippen LogP) is -2.11. The van der Waals surface area contributed by atoms with Crippen molar-refractivity contribution in [2.45, 2.75) is 24.1 Å². The summed E-state index contributed by atoms with van der Waals surface area (Å²) in [6, 6.07) is 0. The molecule has 0 amide bonds. The standard InChI is InChI=1S/C5H8BFO4/c6-5(7)4(10)3(9)2(1-8)11-5/h2-4,8-10H,1H2. The largest absolute Gasteiger partial charge is 0.394 e. The van der Waals surface area contributed by atoms with Crippen molar-refractivity contribution in [3.8, 4) is 0 Å². The SMILES string of the molecule is [B]C1(F)OC(CO)C(O)C1O. The normalized spacial score (nSPS) is 51.5. The molecule has 0 saturated carbocycles. The van der Waals surface area contributed by atoms with Crippen LogP contribution in [-0.4, -0.2) is 53.8 Å². The summed E-state index contributed by atoms with van der Waals surface area (Å²) in [5, 5.41) is 26.2. The number of halogens is 1. The monoisotopic (exact) mass is 162 g/mol. The van der Waals surface area contributed by atoms with E-state index in [1.54, 1.807) is 0 Å². The van der Waals surface area contributed by atoms with Crippen molar-refractivity contribution in [3.05, 3.63) is 0 Å². The molecule has 6 heteroatoms. The van der Waals surface area contributed by atoms with Crippen LogP contribution in [0.1, 0.15) is 0 Å². The molecule has 2 radical (unpaired) electrons. The maximum absolute atomic E-state index is 12.7. The number of aliphatic hydroxyl groups excluding tert-OH is 3. The number of alkyl halides is 1. The van der Waals surface area contributed by atoms with Gasteiger partial charge in [0.2, 0.25) is 0 Å². The van der Waals surface area contributed by atoms with Crippen LogP contribution in [0.15, 0.2) is 0 Å². The van der Waals surface area contributed by atoms with E-state index in [4.69, 9.17) is 23.2 Å². The molecule has 0 aromatic heterocycles. The predicted molar refractivity (Wildman–Crippen MR) is 33.6 cm³/mol. The smallest absolute Gasteiger partial charge is 0.188 e. The lowest BCUT2D eigenvalue weighted by Crippen LogP contribution is -2.39. The van der Waals surface area contributed by atoms with Crippen molar-refractivity contribution in [1.82, 2.24) is 0 Å². The van der Waals surface area contributed by atoms with Gasteiger partial charge in [-0.05, 0) is 0 Å². The van der Waals surface area contributed by atoms with Crippen molar-refractivity contribution in [2.24, 2.45) is 0 Å². The van der Waals surface area contributed by atoms with Crippen LogP contribution in [0.4, 0.5) is 4.39 Å². The molecule has 1 rings (SSSR count). The molecule has 1 aliphatic rings. The second-order valence-corrected chi connectivity index (χ2v) is 2.47. The third kappa shape index (κ3) is 1.39. The molecule has 4 atom stereocenters. The highest BCUT2D eigenvalue weighted by Crippen LogP contribution is 2.29. The number of ether oxygens (including phenoxy) is 1. The fraction of sp³-hybridized carbons (Fsp3) is 1.00. The fourth-order valence-electron chi connectivity index (χ4n) is 0.953. The molecule has 4 nitrogen and oxygen atoms in total. The number of hydrogen-bond donors (Lipinski definition) is 3. The molecule has 1 aliphatic heterocycles. The number of rotatable bonds is 1. The number of hydrogen-bond acceptors (Lipinski definition) is 4. The first-order valence-corrected chi connectivity index (χ1v) is 3.11. The van der Waals surface area contributed by atoms with Crippen LogP contribution in [0, 0.1) is 0 Å². The molecule has 1 fully saturated rings. The Balaban J connectivity index is 2.69. The highest BCUT2D eigenvalue weighted by Gasteiger charge is 2.50. The van der Waals surface area contributed by atoms with Crippen molar-refractivity contribution in [2.75, 3.05) is 6.61 Å². The Morgan fingerprint density at radius 1 is 1.55 bits per heavy atom. The lowest BCUT2D eigenvalue weighted by atomic mass is 9.90. The summed E-state index contributed by atoms with van der Waals surface area (Å²) in [6.45, 7) is -0.582. The minimum absolute atomic E-state index is 0.582. The highest BCUT2D eigenvalue weighted by molar-refractivity contribution is 6.14. The van der Waals surface area contributed by atoms with E-state index in [2.05, 4.69) is 4.74 Å². The van der Waals surface area contributed by atoms with Crippen molar-refractivity contribution in [3.63, 3.8) is 0 Å². The van der Waals surface area contributed by atoms with E-state index in [9.17, 15) is 4.39 Å². The fourth-order valence-corrected chi connectivity index (χ4v) is 0.953. The Morgan fingerprint density at radius 2 is 2.09 bits per heavy atom. The third-order valence-corrected chi connectivity index (χ3v) is 1.62. The molecule has 4 unspecified atom stereocenters. The Bertz CT molecular complexity index is 153. The van der Waals surface area contributed by atoms with E-state index in [0.29, 0.717) is 0 Å². The van der Waals surface area contributed by atoms with Gasteiger partial charge in [-0.1, -0.05) is 0 Å². The van der Waals surface area contributed by atoms with Crippen LogP contribution in [0.2, 0.25) is 0 Å². The van der Waals surface area contributed by atoms with E-state index < -0.39 is 30.7 Å². The molecular weight excluding hydrogens is 154 g/mol. The highest BCUT2D eigenvalue weighted by atomic mass is 19.2. The molecule has 0 aromatic rings. The van der Waals surface area contributed by atoms with Crippen LogP contribution in [0.5, 0.6) is 0 Å². The van der Waals surface area contributed by atoms with Gasteiger partial charge in [-0.3, -0.25) is 0 Å². The summed E-state index contributed by atoms with van der Waals surface area (Å²) in [4.78, 5) is 0. The second-order valence-electron chi connectivity index (χ2n) is 2.47. The van der Waals surface area contributed by atoms with Gasteiger partial charge in [-0.15, -0.1) is 0 Å². The minimum atomic E-state index is -2.76. The first kappa shape index (κ1) is 8.93. The molecule has 0 aromatic carbocycles. The molecule has 1 heterocycles. The summed E-state index contributed by atoms with van der Waals surface area (Å²) >= 11 is 0. The Labute approximate surface area is 64.0 Å². The maximum Gasteiger partial charge on any atom is 0.188 e. The second kappa shape index (κ2) is 2.71. The number of aliphatic hydroxyl groups is 3. The zero-order chi connectivity index (χ0) is 8.65. The molecule has 62 valence electrons. The molecule has 0 spiro atoms. The first-order valence-electron chi connectivity index (χ1n) is 3.11. The molecule has 3 N–H and O–H groups in total. The molecular formula is C5H8BFO4. The zero-order valence-corrected chi connectivity index (χ0v) is 5.64. The Hall–Kier alpha value is -0.165. The average Bonchev–Trinajstić information content (AvgIpc) is 2.13. The molecule has 1 saturated heterocycles. The van der Waals surface area contributed by atoms with E-state index in [-0.39, 0.29) is 0 Å². The van der Waals surface area contributed by atoms with Gasteiger partial charge < -0.3 is 20.1 Å². The van der Waals surface area contributed by atoms with Crippen molar-refractivity contribution in [1.29, 1.82) is 0 Å². The third-order valence-electron chi connectivity index (χ3n) is 1.62. The lowest BCUT2D eigenvalue weighted by Gasteiger charge is -2.17. The first-order chi connectivity index (χ1) is 4.99.